The van der Waals surface area contributed by atoms with E-state index in [-0.39, 0.29) is 5.66 Å². The van der Waals surface area contributed by atoms with Crippen LogP contribution < -0.4 is 0 Å². The summed E-state index contributed by atoms with van der Waals surface area (Å²) in [5.74, 6) is 0.803. The van der Waals surface area contributed by atoms with Gasteiger partial charge in [-0.2, -0.15) is 0 Å². The van der Waals surface area contributed by atoms with Crippen molar-refractivity contribution in [2.75, 3.05) is 39.9 Å². The largest absolute Gasteiger partial charge is 0.350 e. The van der Waals surface area contributed by atoms with Gasteiger partial charge >= 0.3 is 0 Å². The maximum absolute atomic E-state index is 5.31. The topological polar surface area (TPSA) is 22.2 Å². The number of likely N-dealkylation sites (tertiary alicyclic amines) is 1. The summed E-state index contributed by atoms with van der Waals surface area (Å²) in [6, 6.07) is 0.690. The molecule has 0 radical (unpaired) electrons. The zero-order valence-electron chi connectivity index (χ0n) is 14.6. The van der Waals surface area contributed by atoms with Gasteiger partial charge in [-0.15, -0.1) is 0 Å². The third-order valence-corrected chi connectivity index (χ3v) is 6.18. The van der Waals surface area contributed by atoms with Crippen LogP contribution in [0.4, 0.5) is 0 Å². The lowest BCUT2D eigenvalue weighted by atomic mass is 9.79. The third kappa shape index (κ3) is 2.53. The molecule has 0 bridgehead atoms. The highest BCUT2D eigenvalue weighted by Gasteiger charge is 2.50. The molecule has 0 amide bonds. The summed E-state index contributed by atoms with van der Waals surface area (Å²) in [7, 11) is 0. The van der Waals surface area contributed by atoms with Crippen molar-refractivity contribution in [1.29, 1.82) is 0 Å². The van der Waals surface area contributed by atoms with Crippen LogP contribution in [0.5, 0.6) is 0 Å². The normalized spacial score (nSPS) is 27.6. The van der Waals surface area contributed by atoms with Crippen LogP contribution in [0.1, 0.15) is 41.5 Å². The molecule has 0 aliphatic carbocycles. The molecular formula is C16H32N4O. The third-order valence-electron chi connectivity index (χ3n) is 6.18. The monoisotopic (exact) mass is 296 g/mol. The molecule has 3 aliphatic rings. The Labute approximate surface area is 129 Å². The fourth-order valence-corrected chi connectivity index (χ4v) is 3.42. The van der Waals surface area contributed by atoms with Gasteiger partial charge in [0.1, 0.15) is 13.5 Å². The lowest BCUT2D eigenvalue weighted by molar-refractivity contribution is -0.271. The molecule has 0 unspecified atom stereocenters. The first kappa shape index (κ1) is 15.7. The Bertz CT molecular complexity index is 380. The maximum atomic E-state index is 5.31. The van der Waals surface area contributed by atoms with Crippen molar-refractivity contribution in [1.82, 2.24) is 19.6 Å². The zero-order valence-corrected chi connectivity index (χ0v) is 14.6. The van der Waals surface area contributed by atoms with Crippen molar-refractivity contribution in [3.05, 3.63) is 0 Å². The van der Waals surface area contributed by atoms with Gasteiger partial charge in [-0.1, -0.05) is 0 Å². The number of hydrogen-bond donors (Lipinski definition) is 0. The molecule has 3 heterocycles. The molecule has 0 aromatic rings. The molecule has 5 nitrogen and oxygen atoms in total. The summed E-state index contributed by atoms with van der Waals surface area (Å²) < 4.78 is 5.31. The van der Waals surface area contributed by atoms with Crippen LogP contribution in [-0.2, 0) is 4.74 Å². The van der Waals surface area contributed by atoms with E-state index in [9.17, 15) is 0 Å². The number of hydrogen-bond acceptors (Lipinski definition) is 5. The van der Waals surface area contributed by atoms with Crippen molar-refractivity contribution >= 4 is 0 Å². The second-order valence-corrected chi connectivity index (χ2v) is 8.26. The van der Waals surface area contributed by atoms with Crippen LogP contribution in [0.2, 0.25) is 0 Å². The Morgan fingerprint density at radius 3 is 1.90 bits per heavy atom. The van der Waals surface area contributed by atoms with Crippen molar-refractivity contribution in [3.8, 4) is 0 Å². The number of ether oxygens (including phenoxy) is 1. The molecule has 3 fully saturated rings. The van der Waals surface area contributed by atoms with Crippen LogP contribution >= 0.6 is 0 Å². The van der Waals surface area contributed by atoms with Crippen LogP contribution in [0.3, 0.4) is 0 Å². The lowest BCUT2D eigenvalue weighted by Gasteiger charge is -2.63. The van der Waals surface area contributed by atoms with Gasteiger partial charge in [-0.05, 0) is 41.5 Å². The van der Waals surface area contributed by atoms with Gasteiger partial charge < -0.3 is 9.64 Å². The summed E-state index contributed by atoms with van der Waals surface area (Å²) >= 11 is 0. The van der Waals surface area contributed by atoms with E-state index >= 15 is 0 Å². The average molecular weight is 296 g/mol. The standard InChI is InChI=1S/C16H32N4O/c1-13(2)17-7-14(8-17)15(3,4)18-9-19(10-18)16(5,6)20-11-21-12-20/h13-14H,7-12H2,1-6H3. The Hall–Kier alpha value is -0.200. The Morgan fingerprint density at radius 1 is 0.905 bits per heavy atom. The fraction of sp³-hybridized carbons (Fsp3) is 1.00. The summed E-state index contributed by atoms with van der Waals surface area (Å²) in [6.45, 7) is 20.3. The fourth-order valence-electron chi connectivity index (χ4n) is 3.42. The van der Waals surface area contributed by atoms with E-state index in [1.54, 1.807) is 0 Å². The van der Waals surface area contributed by atoms with E-state index in [1.807, 2.05) is 0 Å². The first-order valence-corrected chi connectivity index (χ1v) is 8.30. The van der Waals surface area contributed by atoms with E-state index in [0.29, 0.717) is 11.6 Å². The van der Waals surface area contributed by atoms with Crippen LogP contribution in [0.25, 0.3) is 0 Å². The quantitative estimate of drug-likeness (QED) is 0.767. The van der Waals surface area contributed by atoms with E-state index in [0.717, 1.165) is 32.7 Å². The summed E-state index contributed by atoms with van der Waals surface area (Å²) in [6.07, 6.45) is 0. The van der Waals surface area contributed by atoms with Crippen LogP contribution in [-0.4, -0.2) is 76.7 Å². The SMILES string of the molecule is CC(C)N1CC(C(C)(C)N2CN(C(C)(C)N3COC3)C2)C1. The lowest BCUT2D eigenvalue weighted by Crippen LogP contribution is -2.76. The van der Waals surface area contributed by atoms with Crippen LogP contribution in [0, 0.1) is 5.92 Å². The van der Waals surface area contributed by atoms with Gasteiger partial charge in [0.15, 0.2) is 0 Å². The molecule has 0 saturated carbocycles. The van der Waals surface area contributed by atoms with Gasteiger partial charge in [0, 0.05) is 30.6 Å². The van der Waals surface area contributed by atoms with Crippen molar-refractivity contribution in [2.45, 2.75) is 58.8 Å². The Balaban J connectivity index is 1.51. The van der Waals surface area contributed by atoms with Gasteiger partial charge in [0.2, 0.25) is 0 Å². The van der Waals surface area contributed by atoms with E-state index in [2.05, 4.69) is 61.1 Å². The minimum Gasteiger partial charge on any atom is -0.350 e. The second kappa shape index (κ2) is 5.17. The minimum absolute atomic E-state index is 0.119. The highest BCUT2D eigenvalue weighted by Crippen LogP contribution is 2.38. The summed E-state index contributed by atoms with van der Waals surface area (Å²) in [5.41, 5.74) is 0.428. The van der Waals surface area contributed by atoms with Crippen molar-refractivity contribution in [3.63, 3.8) is 0 Å². The Kier molecular flexibility index (Phi) is 3.86. The van der Waals surface area contributed by atoms with E-state index in [4.69, 9.17) is 4.74 Å². The number of rotatable bonds is 5. The zero-order chi connectivity index (χ0) is 15.4. The molecule has 21 heavy (non-hydrogen) atoms. The average Bonchev–Trinajstić information content (AvgIpc) is 2.03. The van der Waals surface area contributed by atoms with Gasteiger partial charge in [-0.3, -0.25) is 9.80 Å². The number of nitrogens with zero attached hydrogens (tertiary/aromatic N) is 4. The molecule has 0 spiro atoms. The van der Waals surface area contributed by atoms with E-state index < -0.39 is 0 Å². The molecular weight excluding hydrogens is 264 g/mol. The summed E-state index contributed by atoms with van der Waals surface area (Å²) in [5, 5.41) is 0. The van der Waals surface area contributed by atoms with E-state index in [1.165, 1.54) is 13.1 Å². The van der Waals surface area contributed by atoms with Crippen molar-refractivity contribution < 1.29 is 4.74 Å². The molecule has 0 atom stereocenters. The van der Waals surface area contributed by atoms with Crippen LogP contribution in [0.15, 0.2) is 0 Å². The highest BCUT2D eigenvalue weighted by molar-refractivity contribution is 5.01. The molecule has 5 heteroatoms. The molecule has 122 valence electrons. The predicted molar refractivity (Wildman–Crippen MR) is 84.4 cm³/mol. The van der Waals surface area contributed by atoms with Gasteiger partial charge in [0.25, 0.3) is 0 Å². The summed E-state index contributed by atoms with van der Waals surface area (Å²) in [4.78, 5) is 10.2. The molecule has 3 saturated heterocycles. The second-order valence-electron chi connectivity index (χ2n) is 8.26. The molecule has 3 aliphatic heterocycles. The van der Waals surface area contributed by atoms with Gasteiger partial charge in [-0.25, -0.2) is 4.90 Å². The molecule has 0 aromatic carbocycles. The smallest absolute Gasteiger partial charge is 0.104 e. The Morgan fingerprint density at radius 2 is 1.48 bits per heavy atom. The highest BCUT2D eigenvalue weighted by atomic mass is 16.5. The maximum Gasteiger partial charge on any atom is 0.104 e. The molecule has 3 rings (SSSR count). The van der Waals surface area contributed by atoms with Crippen molar-refractivity contribution in [2.24, 2.45) is 5.92 Å². The molecule has 0 aromatic heterocycles. The van der Waals surface area contributed by atoms with Gasteiger partial charge in [0.05, 0.1) is 19.0 Å². The first-order valence-electron chi connectivity index (χ1n) is 8.30. The first-order chi connectivity index (χ1) is 9.73. The predicted octanol–water partition coefficient (Wildman–Crippen LogP) is 1.62. The minimum atomic E-state index is 0.119. The molecule has 0 N–H and O–H groups in total.